The van der Waals surface area contributed by atoms with Crippen molar-refractivity contribution < 1.29 is 19.2 Å². The largest absolute Gasteiger partial charge is 0.493 e. The van der Waals surface area contributed by atoms with Gasteiger partial charge in [-0.1, -0.05) is 0 Å². The molecule has 0 radical (unpaired) electrons. The molecule has 0 aliphatic carbocycles. The van der Waals surface area contributed by atoms with Gasteiger partial charge in [-0.25, -0.2) is 0 Å². The molecule has 1 heterocycles. The number of Topliss-reactive ketones (excluding diaryl/α,β-unsaturated/α-hetero) is 1. The van der Waals surface area contributed by atoms with Gasteiger partial charge in [0.15, 0.2) is 18.1 Å². The van der Waals surface area contributed by atoms with Crippen molar-refractivity contribution >= 4 is 11.5 Å². The molecular weight excluding hydrogens is 324 g/mol. The number of aromatic nitrogens is 1. The van der Waals surface area contributed by atoms with E-state index in [0.717, 1.165) is 11.4 Å². The molecule has 1 aromatic heterocycles. The van der Waals surface area contributed by atoms with Crippen LogP contribution in [0.1, 0.15) is 41.6 Å². The van der Waals surface area contributed by atoms with Crippen LogP contribution in [0.15, 0.2) is 24.3 Å². The monoisotopic (exact) mass is 346 g/mol. The molecular formula is C18H22N2O5. The van der Waals surface area contributed by atoms with Gasteiger partial charge in [-0.2, -0.15) is 0 Å². The number of benzene rings is 1. The van der Waals surface area contributed by atoms with Gasteiger partial charge in [-0.15, -0.1) is 0 Å². The molecule has 0 N–H and O–H groups in total. The summed E-state index contributed by atoms with van der Waals surface area (Å²) >= 11 is 0. The fourth-order valence-electron chi connectivity index (χ4n) is 2.97. The van der Waals surface area contributed by atoms with Crippen molar-refractivity contribution in [3.63, 3.8) is 0 Å². The van der Waals surface area contributed by atoms with Crippen LogP contribution < -0.4 is 9.47 Å². The Bertz CT molecular complexity index is 808. The van der Waals surface area contributed by atoms with E-state index in [-0.39, 0.29) is 29.9 Å². The van der Waals surface area contributed by atoms with E-state index in [9.17, 15) is 14.9 Å². The maximum absolute atomic E-state index is 12.5. The third kappa shape index (κ3) is 3.81. The van der Waals surface area contributed by atoms with Crippen LogP contribution in [0.2, 0.25) is 0 Å². The second-order valence-electron chi connectivity index (χ2n) is 6.05. The summed E-state index contributed by atoms with van der Waals surface area (Å²) in [6.45, 7) is 7.74. The molecule has 0 bridgehead atoms. The first-order valence-electron chi connectivity index (χ1n) is 7.93. The molecule has 2 rings (SSSR count). The van der Waals surface area contributed by atoms with E-state index in [1.807, 2.05) is 19.9 Å². The minimum absolute atomic E-state index is 0.124. The Labute approximate surface area is 146 Å². The summed E-state index contributed by atoms with van der Waals surface area (Å²) < 4.78 is 12.7. The van der Waals surface area contributed by atoms with Crippen LogP contribution in [0.3, 0.4) is 0 Å². The predicted molar refractivity (Wildman–Crippen MR) is 93.8 cm³/mol. The summed E-state index contributed by atoms with van der Waals surface area (Å²) in [6.07, 6.45) is 0. The zero-order valence-corrected chi connectivity index (χ0v) is 15.0. The van der Waals surface area contributed by atoms with Crippen molar-refractivity contribution in [1.82, 2.24) is 4.57 Å². The maximum Gasteiger partial charge on any atom is 0.273 e. The van der Waals surface area contributed by atoms with Crippen molar-refractivity contribution in [2.24, 2.45) is 0 Å². The van der Waals surface area contributed by atoms with E-state index < -0.39 is 4.92 Å². The fraction of sp³-hybridized carbons (Fsp3) is 0.389. The average Bonchev–Trinajstić information content (AvgIpc) is 2.86. The van der Waals surface area contributed by atoms with Crippen LogP contribution in [0, 0.1) is 24.0 Å². The third-order valence-electron chi connectivity index (χ3n) is 4.02. The molecule has 0 atom stereocenters. The lowest BCUT2D eigenvalue weighted by atomic mass is 10.1. The van der Waals surface area contributed by atoms with Crippen molar-refractivity contribution in [2.45, 2.75) is 33.7 Å². The molecule has 0 amide bonds. The number of nitro groups is 1. The lowest BCUT2D eigenvalue weighted by Gasteiger charge is -2.14. The first-order chi connectivity index (χ1) is 11.8. The summed E-state index contributed by atoms with van der Waals surface area (Å²) in [7, 11) is 1.44. The second-order valence-corrected chi connectivity index (χ2v) is 6.05. The van der Waals surface area contributed by atoms with Gasteiger partial charge in [-0.05, 0) is 39.8 Å². The van der Waals surface area contributed by atoms with Crippen LogP contribution in [0.25, 0.3) is 0 Å². The van der Waals surface area contributed by atoms with Crippen LogP contribution >= 0.6 is 0 Å². The molecule has 2 aromatic rings. The first-order valence-corrected chi connectivity index (χ1v) is 7.93. The SMILES string of the molecule is COc1ccc([N+](=O)[O-])cc1OCC(=O)c1cc(C)n(C(C)C)c1C. The summed E-state index contributed by atoms with van der Waals surface area (Å²) in [5, 5.41) is 10.9. The highest BCUT2D eigenvalue weighted by atomic mass is 16.6. The Balaban J connectivity index is 2.22. The molecule has 0 aliphatic rings. The number of aryl methyl sites for hydroxylation is 1. The number of rotatable bonds is 7. The van der Waals surface area contributed by atoms with Gasteiger partial charge in [0.2, 0.25) is 5.78 Å². The molecule has 0 unspecified atom stereocenters. The number of ether oxygens (including phenoxy) is 2. The summed E-state index contributed by atoms with van der Waals surface area (Å²) in [5.41, 5.74) is 2.35. The molecule has 0 aliphatic heterocycles. The lowest BCUT2D eigenvalue weighted by molar-refractivity contribution is -0.385. The lowest BCUT2D eigenvalue weighted by Crippen LogP contribution is -2.14. The van der Waals surface area contributed by atoms with Gasteiger partial charge in [0.1, 0.15) is 0 Å². The first kappa shape index (κ1) is 18.5. The number of non-ortho nitro benzene ring substituents is 1. The average molecular weight is 346 g/mol. The summed E-state index contributed by atoms with van der Waals surface area (Å²) in [4.78, 5) is 22.9. The van der Waals surface area contributed by atoms with E-state index >= 15 is 0 Å². The van der Waals surface area contributed by atoms with Crippen molar-refractivity contribution in [3.8, 4) is 11.5 Å². The molecule has 25 heavy (non-hydrogen) atoms. The van der Waals surface area contributed by atoms with Crippen molar-refractivity contribution in [1.29, 1.82) is 0 Å². The highest BCUT2D eigenvalue weighted by Crippen LogP contribution is 2.31. The van der Waals surface area contributed by atoms with Crippen LogP contribution in [0.4, 0.5) is 5.69 Å². The van der Waals surface area contributed by atoms with Crippen LogP contribution in [-0.2, 0) is 0 Å². The standard InChI is InChI=1S/C18H22N2O5/c1-11(2)19-12(3)8-15(13(19)4)16(21)10-25-18-9-14(20(22)23)6-7-17(18)24-5/h6-9,11H,10H2,1-5H3. The zero-order chi connectivity index (χ0) is 18.7. The van der Waals surface area contributed by atoms with Gasteiger partial charge in [0.25, 0.3) is 5.69 Å². The fourth-order valence-corrected chi connectivity index (χ4v) is 2.97. The van der Waals surface area contributed by atoms with Gasteiger partial charge in [-0.3, -0.25) is 14.9 Å². The second kappa shape index (κ2) is 7.38. The van der Waals surface area contributed by atoms with Gasteiger partial charge in [0.05, 0.1) is 18.1 Å². The number of nitro benzene ring substituents is 1. The molecule has 134 valence electrons. The topological polar surface area (TPSA) is 83.6 Å². The number of hydrogen-bond acceptors (Lipinski definition) is 5. The molecule has 0 spiro atoms. The molecule has 0 saturated carbocycles. The predicted octanol–water partition coefficient (Wildman–Crippen LogP) is 3.86. The van der Waals surface area contributed by atoms with E-state index in [4.69, 9.17) is 9.47 Å². The van der Waals surface area contributed by atoms with E-state index in [2.05, 4.69) is 18.4 Å². The van der Waals surface area contributed by atoms with Crippen LogP contribution in [0.5, 0.6) is 11.5 Å². The Morgan fingerprint density at radius 1 is 1.24 bits per heavy atom. The Morgan fingerprint density at radius 3 is 2.44 bits per heavy atom. The maximum atomic E-state index is 12.5. The van der Waals surface area contributed by atoms with Crippen LogP contribution in [-0.4, -0.2) is 29.0 Å². The number of methoxy groups -OCH3 is 1. The highest BCUT2D eigenvalue weighted by Gasteiger charge is 2.19. The van der Waals surface area contributed by atoms with Crippen molar-refractivity contribution in [2.75, 3.05) is 13.7 Å². The zero-order valence-electron chi connectivity index (χ0n) is 15.0. The normalized spacial score (nSPS) is 10.8. The summed E-state index contributed by atoms with van der Waals surface area (Å²) in [5.74, 6) is 0.322. The van der Waals surface area contributed by atoms with E-state index in [1.165, 1.54) is 25.3 Å². The Hall–Kier alpha value is -2.83. The number of hydrogen-bond donors (Lipinski definition) is 0. The molecule has 0 saturated heterocycles. The smallest absolute Gasteiger partial charge is 0.273 e. The Kier molecular flexibility index (Phi) is 5.46. The molecule has 0 fully saturated rings. The summed E-state index contributed by atoms with van der Waals surface area (Å²) in [6, 6.07) is 6.11. The molecule has 7 heteroatoms. The molecule has 7 nitrogen and oxygen atoms in total. The van der Waals surface area contributed by atoms with Crippen molar-refractivity contribution in [3.05, 3.63) is 51.3 Å². The molecule has 1 aromatic carbocycles. The highest BCUT2D eigenvalue weighted by molar-refractivity contribution is 5.98. The quantitative estimate of drug-likeness (QED) is 0.432. The van der Waals surface area contributed by atoms with E-state index in [1.54, 1.807) is 0 Å². The third-order valence-corrected chi connectivity index (χ3v) is 4.02. The number of ketones is 1. The number of nitrogens with zero attached hydrogens (tertiary/aromatic N) is 2. The van der Waals surface area contributed by atoms with Gasteiger partial charge < -0.3 is 14.0 Å². The van der Waals surface area contributed by atoms with Gasteiger partial charge >= 0.3 is 0 Å². The number of carbonyl (C=O) groups is 1. The number of carbonyl (C=O) groups excluding carboxylic acids is 1. The Morgan fingerprint density at radius 2 is 1.92 bits per heavy atom. The van der Waals surface area contributed by atoms with Gasteiger partial charge in [0, 0.05) is 29.1 Å². The minimum atomic E-state index is -0.523. The van der Waals surface area contributed by atoms with E-state index in [0.29, 0.717) is 11.3 Å². The minimum Gasteiger partial charge on any atom is -0.493 e.